The second kappa shape index (κ2) is 4.88. The van der Waals surface area contributed by atoms with Crippen LogP contribution < -0.4 is 5.32 Å². The summed E-state index contributed by atoms with van der Waals surface area (Å²) in [6.45, 7) is 3.75. The van der Waals surface area contributed by atoms with Gasteiger partial charge in [0.1, 0.15) is 5.82 Å². The third kappa shape index (κ3) is 2.28. The minimum atomic E-state index is -0.351. The van der Waals surface area contributed by atoms with Crippen molar-refractivity contribution in [2.75, 3.05) is 0 Å². The van der Waals surface area contributed by atoms with E-state index < -0.39 is 0 Å². The Kier molecular flexibility index (Phi) is 3.45. The van der Waals surface area contributed by atoms with Crippen molar-refractivity contribution in [1.82, 2.24) is 5.32 Å². The number of aryl methyl sites for hydroxylation is 1. The lowest BCUT2D eigenvalue weighted by Crippen LogP contribution is -2.44. The van der Waals surface area contributed by atoms with Crippen molar-refractivity contribution >= 4 is 11.8 Å². The summed E-state index contributed by atoms with van der Waals surface area (Å²) in [7, 11) is 0. The molecule has 1 heterocycles. The number of piperidine rings is 1. The van der Waals surface area contributed by atoms with E-state index in [-0.39, 0.29) is 35.9 Å². The lowest BCUT2D eigenvalue weighted by Gasteiger charge is -2.30. The van der Waals surface area contributed by atoms with Crippen LogP contribution in [-0.4, -0.2) is 11.8 Å². The van der Waals surface area contributed by atoms with E-state index >= 15 is 0 Å². The number of benzene rings is 1. The summed E-state index contributed by atoms with van der Waals surface area (Å²) in [6.07, 6.45) is 0.766. The summed E-state index contributed by atoms with van der Waals surface area (Å²) in [4.78, 5) is 23.2. The minimum absolute atomic E-state index is 0.171. The number of hydrogen-bond acceptors (Lipinski definition) is 2. The number of carbonyl (C=O) groups is 2. The first-order valence-electron chi connectivity index (χ1n) is 6.12. The highest BCUT2D eigenvalue weighted by Crippen LogP contribution is 2.35. The van der Waals surface area contributed by atoms with Crippen LogP contribution in [0.4, 0.5) is 4.39 Å². The van der Waals surface area contributed by atoms with E-state index in [1.54, 1.807) is 12.1 Å². The lowest BCUT2D eigenvalue weighted by molar-refractivity contribution is -0.137. The molecular formula is C14H16FNO2. The first-order chi connectivity index (χ1) is 8.52. The highest BCUT2D eigenvalue weighted by molar-refractivity contribution is 5.99. The second-order valence-corrected chi connectivity index (χ2v) is 4.76. The summed E-state index contributed by atoms with van der Waals surface area (Å²) in [6, 6.07) is 4.81. The smallest absolute Gasteiger partial charge is 0.230 e. The van der Waals surface area contributed by atoms with Gasteiger partial charge in [-0.1, -0.05) is 24.6 Å². The largest absolute Gasteiger partial charge is 0.296 e. The monoisotopic (exact) mass is 249 g/mol. The number of carbonyl (C=O) groups excluding carboxylic acids is 2. The zero-order valence-electron chi connectivity index (χ0n) is 10.5. The molecule has 0 bridgehead atoms. The van der Waals surface area contributed by atoms with E-state index in [4.69, 9.17) is 0 Å². The Hall–Kier alpha value is -1.71. The van der Waals surface area contributed by atoms with Gasteiger partial charge in [-0.15, -0.1) is 0 Å². The third-order valence-electron chi connectivity index (χ3n) is 3.48. The van der Waals surface area contributed by atoms with Crippen molar-refractivity contribution in [3.05, 3.63) is 35.1 Å². The molecular weight excluding hydrogens is 233 g/mol. The van der Waals surface area contributed by atoms with Gasteiger partial charge in [-0.3, -0.25) is 14.9 Å². The van der Waals surface area contributed by atoms with Crippen molar-refractivity contribution in [3.63, 3.8) is 0 Å². The molecule has 2 rings (SSSR count). The number of nitrogens with one attached hydrogen (secondary N) is 1. The van der Waals surface area contributed by atoms with Crippen LogP contribution in [0, 0.1) is 18.7 Å². The highest BCUT2D eigenvalue weighted by atomic mass is 19.1. The Morgan fingerprint density at radius 2 is 2.11 bits per heavy atom. The van der Waals surface area contributed by atoms with Gasteiger partial charge in [0.05, 0.1) is 0 Å². The molecule has 0 aliphatic carbocycles. The molecule has 1 aromatic carbocycles. The number of halogens is 1. The Labute approximate surface area is 105 Å². The van der Waals surface area contributed by atoms with Crippen LogP contribution in [0.25, 0.3) is 0 Å². The number of hydrogen-bond donors (Lipinski definition) is 1. The zero-order valence-corrected chi connectivity index (χ0v) is 10.5. The van der Waals surface area contributed by atoms with E-state index in [0.717, 1.165) is 5.56 Å². The molecule has 0 spiro atoms. The first kappa shape index (κ1) is 12.7. The molecule has 1 aliphatic rings. The van der Waals surface area contributed by atoms with E-state index in [9.17, 15) is 14.0 Å². The maximum atomic E-state index is 13.9. The Morgan fingerprint density at radius 1 is 1.39 bits per heavy atom. The molecule has 1 aromatic rings. The molecule has 0 saturated carbocycles. The zero-order chi connectivity index (χ0) is 13.3. The summed E-state index contributed by atoms with van der Waals surface area (Å²) in [5, 5.41) is 2.31. The number of imide groups is 1. The van der Waals surface area contributed by atoms with Crippen LogP contribution in [-0.2, 0) is 9.59 Å². The van der Waals surface area contributed by atoms with Gasteiger partial charge in [-0.05, 0) is 25.0 Å². The van der Waals surface area contributed by atoms with E-state index in [2.05, 4.69) is 5.32 Å². The maximum absolute atomic E-state index is 13.9. The fraction of sp³-hybridized carbons (Fsp3) is 0.429. The molecule has 2 atom stereocenters. The van der Waals surface area contributed by atoms with Crippen LogP contribution in [0.15, 0.2) is 18.2 Å². The molecule has 18 heavy (non-hydrogen) atoms. The summed E-state index contributed by atoms with van der Waals surface area (Å²) in [5.41, 5.74) is 1.41. The van der Waals surface area contributed by atoms with Gasteiger partial charge in [0, 0.05) is 18.3 Å². The van der Waals surface area contributed by atoms with Crippen LogP contribution in [0.1, 0.15) is 36.8 Å². The standard InChI is InChI=1S/C14H16FNO2/c1-3-9-10(7-13(17)16-14(9)18)11-6-8(2)4-5-12(11)15/h4-6,9-10H,3,7H2,1-2H3,(H,16,17,18). The molecule has 1 aliphatic heterocycles. The molecule has 0 radical (unpaired) electrons. The van der Waals surface area contributed by atoms with Crippen molar-refractivity contribution < 1.29 is 14.0 Å². The molecule has 2 amide bonds. The maximum Gasteiger partial charge on any atom is 0.230 e. The second-order valence-electron chi connectivity index (χ2n) is 4.76. The Balaban J connectivity index is 2.42. The first-order valence-corrected chi connectivity index (χ1v) is 6.12. The number of amides is 2. The molecule has 1 fully saturated rings. The van der Waals surface area contributed by atoms with E-state index in [1.807, 2.05) is 13.8 Å². The average Bonchev–Trinajstić information content (AvgIpc) is 2.31. The average molecular weight is 249 g/mol. The van der Waals surface area contributed by atoms with Crippen molar-refractivity contribution in [2.24, 2.45) is 5.92 Å². The molecule has 0 aromatic heterocycles. The SMILES string of the molecule is CCC1C(=O)NC(=O)CC1c1cc(C)ccc1F. The van der Waals surface area contributed by atoms with Crippen molar-refractivity contribution in [3.8, 4) is 0 Å². The van der Waals surface area contributed by atoms with Gasteiger partial charge < -0.3 is 0 Å². The predicted molar refractivity (Wildman–Crippen MR) is 65.4 cm³/mol. The predicted octanol–water partition coefficient (Wildman–Crippen LogP) is 2.29. The topological polar surface area (TPSA) is 46.2 Å². The van der Waals surface area contributed by atoms with Gasteiger partial charge in [0.2, 0.25) is 11.8 Å². The third-order valence-corrected chi connectivity index (χ3v) is 3.48. The fourth-order valence-electron chi connectivity index (χ4n) is 2.55. The van der Waals surface area contributed by atoms with E-state index in [0.29, 0.717) is 12.0 Å². The van der Waals surface area contributed by atoms with Crippen LogP contribution >= 0.6 is 0 Å². The molecule has 1 saturated heterocycles. The van der Waals surface area contributed by atoms with Gasteiger partial charge in [-0.25, -0.2) is 4.39 Å². The lowest BCUT2D eigenvalue weighted by atomic mass is 9.78. The van der Waals surface area contributed by atoms with Crippen molar-refractivity contribution in [2.45, 2.75) is 32.6 Å². The van der Waals surface area contributed by atoms with Crippen molar-refractivity contribution in [1.29, 1.82) is 0 Å². The van der Waals surface area contributed by atoms with Crippen LogP contribution in [0.2, 0.25) is 0 Å². The summed E-state index contributed by atoms with van der Waals surface area (Å²) in [5.74, 6) is -1.64. The van der Waals surface area contributed by atoms with E-state index in [1.165, 1.54) is 6.07 Å². The Bertz CT molecular complexity index is 499. The van der Waals surface area contributed by atoms with Gasteiger partial charge in [0.25, 0.3) is 0 Å². The Morgan fingerprint density at radius 3 is 2.78 bits per heavy atom. The molecule has 96 valence electrons. The van der Waals surface area contributed by atoms with Gasteiger partial charge >= 0.3 is 0 Å². The van der Waals surface area contributed by atoms with Gasteiger partial charge in [0.15, 0.2) is 0 Å². The normalized spacial score (nSPS) is 23.9. The number of rotatable bonds is 2. The quantitative estimate of drug-likeness (QED) is 0.817. The van der Waals surface area contributed by atoms with Gasteiger partial charge in [-0.2, -0.15) is 0 Å². The molecule has 3 nitrogen and oxygen atoms in total. The highest BCUT2D eigenvalue weighted by Gasteiger charge is 2.36. The van der Waals surface area contributed by atoms with Crippen LogP contribution in [0.5, 0.6) is 0 Å². The molecule has 1 N–H and O–H groups in total. The molecule has 2 unspecified atom stereocenters. The molecule has 4 heteroatoms. The fourth-order valence-corrected chi connectivity index (χ4v) is 2.55. The van der Waals surface area contributed by atoms with Crippen LogP contribution in [0.3, 0.4) is 0 Å². The minimum Gasteiger partial charge on any atom is -0.296 e. The summed E-state index contributed by atoms with van der Waals surface area (Å²) >= 11 is 0. The summed E-state index contributed by atoms with van der Waals surface area (Å²) < 4.78 is 13.9.